The van der Waals surface area contributed by atoms with Gasteiger partial charge in [-0.3, -0.25) is 0 Å². The van der Waals surface area contributed by atoms with Crippen LogP contribution in [0.25, 0.3) is 10.2 Å². The number of hydrogen-bond acceptors (Lipinski definition) is 3. The van der Waals surface area contributed by atoms with Gasteiger partial charge in [-0.15, -0.1) is 11.3 Å². The molecule has 0 spiro atoms. The van der Waals surface area contributed by atoms with Crippen molar-refractivity contribution in [3.63, 3.8) is 0 Å². The van der Waals surface area contributed by atoms with Crippen molar-refractivity contribution in [2.75, 3.05) is 0 Å². The standard InChI is InChI=1S/C8H7ClN2S/c1-4-5(2)12-6-3-10-8(9)11-7(4)6/h3H,1-2H3. The molecule has 0 saturated carbocycles. The first-order valence-corrected chi connectivity index (χ1v) is 4.76. The summed E-state index contributed by atoms with van der Waals surface area (Å²) < 4.78 is 1.11. The third kappa shape index (κ3) is 1.09. The molecule has 2 nitrogen and oxygen atoms in total. The lowest BCUT2D eigenvalue weighted by Crippen LogP contribution is -1.81. The van der Waals surface area contributed by atoms with E-state index in [0.717, 1.165) is 10.2 Å². The van der Waals surface area contributed by atoms with Crippen LogP contribution in [0.5, 0.6) is 0 Å². The number of halogens is 1. The van der Waals surface area contributed by atoms with Crippen LogP contribution in [0.4, 0.5) is 0 Å². The summed E-state index contributed by atoms with van der Waals surface area (Å²) in [6.07, 6.45) is 1.77. The maximum absolute atomic E-state index is 5.68. The highest BCUT2D eigenvalue weighted by Crippen LogP contribution is 2.28. The van der Waals surface area contributed by atoms with E-state index in [1.807, 2.05) is 0 Å². The predicted molar refractivity (Wildman–Crippen MR) is 51.9 cm³/mol. The summed E-state index contributed by atoms with van der Waals surface area (Å²) in [6.45, 7) is 4.13. The van der Waals surface area contributed by atoms with Crippen molar-refractivity contribution >= 4 is 33.2 Å². The Kier molecular flexibility index (Phi) is 1.77. The molecule has 0 unspecified atom stereocenters. The second kappa shape index (κ2) is 2.68. The molecule has 0 atom stereocenters. The van der Waals surface area contributed by atoms with Crippen molar-refractivity contribution in [3.8, 4) is 0 Å². The highest BCUT2D eigenvalue weighted by molar-refractivity contribution is 7.19. The molecular formula is C8H7ClN2S. The smallest absolute Gasteiger partial charge is 0.222 e. The molecule has 0 N–H and O–H groups in total. The maximum Gasteiger partial charge on any atom is 0.222 e. The zero-order valence-electron chi connectivity index (χ0n) is 6.76. The maximum atomic E-state index is 5.68. The Labute approximate surface area is 79.2 Å². The van der Waals surface area contributed by atoms with Gasteiger partial charge in [0.05, 0.1) is 10.2 Å². The Morgan fingerprint density at radius 3 is 2.92 bits per heavy atom. The van der Waals surface area contributed by atoms with Crippen molar-refractivity contribution in [2.45, 2.75) is 13.8 Å². The van der Waals surface area contributed by atoms with Gasteiger partial charge in [0.15, 0.2) is 0 Å². The van der Waals surface area contributed by atoms with E-state index in [4.69, 9.17) is 11.6 Å². The van der Waals surface area contributed by atoms with Crippen LogP contribution in [0.15, 0.2) is 6.20 Å². The molecule has 4 heteroatoms. The van der Waals surface area contributed by atoms with Crippen LogP contribution in [-0.4, -0.2) is 9.97 Å². The van der Waals surface area contributed by atoms with E-state index in [9.17, 15) is 0 Å². The van der Waals surface area contributed by atoms with Crippen LogP contribution in [-0.2, 0) is 0 Å². The Balaban J connectivity index is 2.88. The summed E-state index contributed by atoms with van der Waals surface area (Å²) in [5.41, 5.74) is 2.19. The molecule has 2 aromatic rings. The molecule has 0 bridgehead atoms. The van der Waals surface area contributed by atoms with Crippen molar-refractivity contribution < 1.29 is 0 Å². The van der Waals surface area contributed by atoms with Crippen molar-refractivity contribution in [1.29, 1.82) is 0 Å². The largest absolute Gasteiger partial charge is 0.225 e. The highest BCUT2D eigenvalue weighted by Gasteiger charge is 2.06. The topological polar surface area (TPSA) is 25.8 Å². The summed E-state index contributed by atoms with van der Waals surface area (Å²) in [7, 11) is 0. The first kappa shape index (κ1) is 7.95. The zero-order valence-corrected chi connectivity index (χ0v) is 8.33. The summed E-state index contributed by atoms with van der Waals surface area (Å²) in [5.74, 6) is 0. The van der Waals surface area contributed by atoms with E-state index in [0.29, 0.717) is 5.28 Å². The van der Waals surface area contributed by atoms with Gasteiger partial charge in [0.1, 0.15) is 0 Å². The van der Waals surface area contributed by atoms with E-state index in [-0.39, 0.29) is 0 Å². The molecule has 0 aliphatic rings. The molecule has 2 aromatic heterocycles. The normalized spacial score (nSPS) is 10.9. The Bertz CT molecular complexity index is 436. The van der Waals surface area contributed by atoms with Crippen molar-refractivity contribution in [1.82, 2.24) is 9.97 Å². The van der Waals surface area contributed by atoms with Gasteiger partial charge in [-0.1, -0.05) is 0 Å². The summed E-state index contributed by atoms with van der Waals surface area (Å²) in [6, 6.07) is 0. The van der Waals surface area contributed by atoms with E-state index in [2.05, 4.69) is 23.8 Å². The zero-order chi connectivity index (χ0) is 8.72. The van der Waals surface area contributed by atoms with Gasteiger partial charge in [-0.05, 0) is 31.0 Å². The van der Waals surface area contributed by atoms with Crippen LogP contribution in [0, 0.1) is 13.8 Å². The first-order valence-electron chi connectivity index (χ1n) is 3.56. The highest BCUT2D eigenvalue weighted by atomic mass is 35.5. The van der Waals surface area contributed by atoms with E-state index < -0.39 is 0 Å². The number of rotatable bonds is 0. The van der Waals surface area contributed by atoms with E-state index in [1.165, 1.54) is 10.4 Å². The third-order valence-electron chi connectivity index (χ3n) is 1.87. The molecule has 0 radical (unpaired) electrons. The number of aryl methyl sites for hydroxylation is 2. The lowest BCUT2D eigenvalue weighted by atomic mass is 10.2. The second-order valence-corrected chi connectivity index (χ2v) is 4.23. The summed E-state index contributed by atoms with van der Waals surface area (Å²) in [4.78, 5) is 9.37. The van der Waals surface area contributed by atoms with Crippen LogP contribution < -0.4 is 0 Å². The second-order valence-electron chi connectivity index (χ2n) is 2.64. The Hall–Kier alpha value is -0.670. The van der Waals surface area contributed by atoms with Gasteiger partial charge >= 0.3 is 0 Å². The van der Waals surface area contributed by atoms with Gasteiger partial charge in [-0.25, -0.2) is 9.97 Å². The average molecular weight is 199 g/mol. The lowest BCUT2D eigenvalue weighted by Gasteiger charge is -1.90. The average Bonchev–Trinajstić information content (AvgIpc) is 2.31. The quantitative estimate of drug-likeness (QED) is 0.609. The molecule has 12 heavy (non-hydrogen) atoms. The summed E-state index contributed by atoms with van der Waals surface area (Å²) in [5, 5.41) is 0.323. The summed E-state index contributed by atoms with van der Waals surface area (Å²) >= 11 is 7.39. The number of aromatic nitrogens is 2. The first-order chi connectivity index (χ1) is 5.68. The fourth-order valence-corrected chi connectivity index (χ4v) is 2.21. The van der Waals surface area contributed by atoms with Crippen LogP contribution in [0.2, 0.25) is 5.28 Å². The van der Waals surface area contributed by atoms with E-state index >= 15 is 0 Å². The number of fused-ring (bicyclic) bond motifs is 1. The SMILES string of the molecule is Cc1sc2cnc(Cl)nc2c1C. The van der Waals surface area contributed by atoms with Gasteiger partial charge in [0.25, 0.3) is 0 Å². The molecule has 2 rings (SSSR count). The molecule has 0 aliphatic carbocycles. The number of nitrogens with zero attached hydrogens (tertiary/aromatic N) is 2. The van der Waals surface area contributed by atoms with Crippen molar-refractivity contribution in [2.24, 2.45) is 0 Å². The fourth-order valence-electron chi connectivity index (χ4n) is 1.10. The number of hydrogen-bond donors (Lipinski definition) is 0. The van der Waals surface area contributed by atoms with Gasteiger partial charge < -0.3 is 0 Å². The van der Waals surface area contributed by atoms with E-state index in [1.54, 1.807) is 17.5 Å². The minimum atomic E-state index is 0.323. The molecule has 62 valence electrons. The fraction of sp³-hybridized carbons (Fsp3) is 0.250. The monoisotopic (exact) mass is 198 g/mol. The predicted octanol–water partition coefficient (Wildman–Crippen LogP) is 2.96. The molecular weight excluding hydrogens is 192 g/mol. The molecule has 0 fully saturated rings. The van der Waals surface area contributed by atoms with Gasteiger partial charge in [0.2, 0.25) is 5.28 Å². The molecule has 0 saturated heterocycles. The molecule has 0 amide bonds. The van der Waals surface area contributed by atoms with Gasteiger partial charge in [-0.2, -0.15) is 0 Å². The van der Waals surface area contributed by atoms with Crippen LogP contribution >= 0.6 is 22.9 Å². The Morgan fingerprint density at radius 2 is 2.17 bits per heavy atom. The minimum absolute atomic E-state index is 0.323. The van der Waals surface area contributed by atoms with Gasteiger partial charge in [0, 0.05) is 11.1 Å². The molecule has 0 aromatic carbocycles. The van der Waals surface area contributed by atoms with Crippen LogP contribution in [0.3, 0.4) is 0 Å². The van der Waals surface area contributed by atoms with Crippen LogP contribution in [0.1, 0.15) is 10.4 Å². The van der Waals surface area contributed by atoms with Crippen molar-refractivity contribution in [3.05, 3.63) is 21.9 Å². The Morgan fingerprint density at radius 1 is 1.42 bits per heavy atom. The molecule has 0 aliphatic heterocycles. The minimum Gasteiger partial charge on any atom is -0.225 e. The molecule has 2 heterocycles. The number of thiophene rings is 1. The lowest BCUT2D eigenvalue weighted by molar-refractivity contribution is 1.22. The third-order valence-corrected chi connectivity index (χ3v) is 3.19.